The average Bonchev–Trinajstić information content (AvgIpc) is 2.75. The Morgan fingerprint density at radius 3 is 2.38 bits per heavy atom. The van der Waals surface area contributed by atoms with Crippen LogP contribution >= 0.6 is 0 Å². The van der Waals surface area contributed by atoms with Gasteiger partial charge in [0.1, 0.15) is 0 Å². The van der Waals surface area contributed by atoms with Gasteiger partial charge in [-0.05, 0) is 54.3 Å². The lowest BCUT2D eigenvalue weighted by atomic mass is 9.99. The SMILES string of the molecule is Cc1ccc(C(=O)N2CCc3ccccc3C2)cc1NS(=O)(=O)c1ccccc1. The molecule has 0 unspecified atom stereocenters. The minimum Gasteiger partial charge on any atom is -0.334 e. The Kier molecular flexibility index (Phi) is 5.11. The van der Waals surface area contributed by atoms with Gasteiger partial charge in [-0.25, -0.2) is 8.42 Å². The Labute approximate surface area is 171 Å². The number of fused-ring (bicyclic) bond motifs is 1. The standard InChI is InChI=1S/C23H22N2O3S/c1-17-11-12-19(15-22(17)24-29(27,28)21-9-3-2-4-10-21)23(26)25-14-13-18-7-5-6-8-20(18)16-25/h2-12,15,24H,13-14,16H2,1H3. The van der Waals surface area contributed by atoms with Crippen molar-refractivity contribution in [2.24, 2.45) is 0 Å². The molecule has 3 aromatic rings. The van der Waals surface area contributed by atoms with Gasteiger partial charge in [0.2, 0.25) is 0 Å². The van der Waals surface area contributed by atoms with Crippen LogP contribution in [0.15, 0.2) is 77.7 Å². The smallest absolute Gasteiger partial charge is 0.261 e. The van der Waals surface area contributed by atoms with E-state index in [1.165, 1.54) is 17.7 Å². The zero-order valence-corrected chi connectivity index (χ0v) is 16.9. The summed E-state index contributed by atoms with van der Waals surface area (Å²) >= 11 is 0. The summed E-state index contributed by atoms with van der Waals surface area (Å²) in [5.41, 5.74) is 4.07. The van der Waals surface area contributed by atoms with Crippen LogP contribution in [0.3, 0.4) is 0 Å². The fourth-order valence-corrected chi connectivity index (χ4v) is 4.66. The molecule has 1 aliphatic heterocycles. The van der Waals surface area contributed by atoms with Crippen LogP contribution in [-0.4, -0.2) is 25.8 Å². The lowest BCUT2D eigenvalue weighted by Gasteiger charge is -2.29. The molecule has 29 heavy (non-hydrogen) atoms. The second-order valence-electron chi connectivity index (χ2n) is 7.19. The zero-order valence-electron chi connectivity index (χ0n) is 16.1. The quantitative estimate of drug-likeness (QED) is 0.712. The fourth-order valence-electron chi connectivity index (χ4n) is 3.52. The highest BCUT2D eigenvalue weighted by molar-refractivity contribution is 7.92. The number of carbonyl (C=O) groups is 1. The zero-order chi connectivity index (χ0) is 20.4. The van der Waals surface area contributed by atoms with Crippen molar-refractivity contribution in [3.05, 3.63) is 95.1 Å². The Balaban J connectivity index is 1.58. The van der Waals surface area contributed by atoms with E-state index in [4.69, 9.17) is 0 Å². The van der Waals surface area contributed by atoms with E-state index in [-0.39, 0.29) is 10.8 Å². The molecule has 0 bridgehead atoms. The number of nitrogens with zero attached hydrogens (tertiary/aromatic N) is 1. The number of anilines is 1. The molecule has 0 fully saturated rings. The maximum absolute atomic E-state index is 13.1. The lowest BCUT2D eigenvalue weighted by molar-refractivity contribution is 0.0734. The first kappa shape index (κ1) is 19.2. The molecule has 5 nitrogen and oxygen atoms in total. The molecule has 0 aromatic heterocycles. The summed E-state index contributed by atoms with van der Waals surface area (Å²) in [5.74, 6) is -0.0975. The van der Waals surface area contributed by atoms with Gasteiger partial charge in [0, 0.05) is 18.7 Å². The van der Waals surface area contributed by atoms with E-state index in [1.807, 2.05) is 30.0 Å². The number of hydrogen-bond donors (Lipinski definition) is 1. The van der Waals surface area contributed by atoms with E-state index >= 15 is 0 Å². The average molecular weight is 407 g/mol. The molecule has 1 aliphatic rings. The van der Waals surface area contributed by atoms with Crippen LogP contribution in [-0.2, 0) is 23.0 Å². The minimum atomic E-state index is -3.72. The number of rotatable bonds is 4. The van der Waals surface area contributed by atoms with Crippen molar-refractivity contribution in [2.75, 3.05) is 11.3 Å². The molecule has 1 N–H and O–H groups in total. The third-order valence-corrected chi connectivity index (χ3v) is 6.58. The van der Waals surface area contributed by atoms with Gasteiger partial charge in [0.05, 0.1) is 10.6 Å². The van der Waals surface area contributed by atoms with E-state index in [0.717, 1.165) is 17.5 Å². The van der Waals surface area contributed by atoms with Crippen LogP contribution in [0, 0.1) is 6.92 Å². The van der Waals surface area contributed by atoms with E-state index < -0.39 is 10.0 Å². The molecule has 1 amide bonds. The number of benzene rings is 3. The number of nitrogens with one attached hydrogen (secondary N) is 1. The molecule has 6 heteroatoms. The molecule has 0 spiro atoms. The minimum absolute atomic E-state index is 0.0975. The molecule has 148 valence electrons. The van der Waals surface area contributed by atoms with Crippen LogP contribution in [0.25, 0.3) is 0 Å². The van der Waals surface area contributed by atoms with Crippen LogP contribution in [0.2, 0.25) is 0 Å². The topological polar surface area (TPSA) is 66.5 Å². The monoisotopic (exact) mass is 406 g/mol. The Morgan fingerprint density at radius 1 is 0.931 bits per heavy atom. The van der Waals surface area contributed by atoms with Gasteiger partial charge in [-0.15, -0.1) is 0 Å². The lowest BCUT2D eigenvalue weighted by Crippen LogP contribution is -2.36. The van der Waals surface area contributed by atoms with Crippen LogP contribution in [0.5, 0.6) is 0 Å². The highest BCUT2D eigenvalue weighted by atomic mass is 32.2. The normalized spacial score (nSPS) is 13.6. The third kappa shape index (κ3) is 4.03. The first-order chi connectivity index (χ1) is 13.9. The van der Waals surface area contributed by atoms with Crippen LogP contribution in [0.1, 0.15) is 27.0 Å². The number of carbonyl (C=O) groups excluding carboxylic acids is 1. The van der Waals surface area contributed by atoms with E-state index in [1.54, 1.807) is 36.4 Å². The summed E-state index contributed by atoms with van der Waals surface area (Å²) in [7, 11) is -3.72. The number of aryl methyl sites for hydroxylation is 1. The third-order valence-electron chi connectivity index (χ3n) is 5.20. The summed E-state index contributed by atoms with van der Waals surface area (Å²) in [6.07, 6.45) is 0.821. The first-order valence-electron chi connectivity index (χ1n) is 9.48. The molecule has 0 radical (unpaired) electrons. The van der Waals surface area contributed by atoms with Crippen LogP contribution in [0.4, 0.5) is 5.69 Å². The van der Waals surface area contributed by atoms with E-state index in [0.29, 0.717) is 24.3 Å². The molecular formula is C23H22N2O3S. The van der Waals surface area contributed by atoms with Gasteiger partial charge < -0.3 is 4.90 Å². The fraction of sp³-hybridized carbons (Fsp3) is 0.174. The molecule has 0 saturated heterocycles. The first-order valence-corrected chi connectivity index (χ1v) is 11.0. The molecule has 0 saturated carbocycles. The van der Waals surface area contributed by atoms with Gasteiger partial charge in [0.15, 0.2) is 0 Å². The van der Waals surface area contributed by atoms with Gasteiger partial charge in [-0.2, -0.15) is 0 Å². The van der Waals surface area contributed by atoms with Gasteiger partial charge in [-0.1, -0.05) is 48.5 Å². The Bertz CT molecular complexity index is 1160. The van der Waals surface area contributed by atoms with Crippen molar-refractivity contribution in [3.8, 4) is 0 Å². The Hall–Kier alpha value is -3.12. The predicted octanol–water partition coefficient (Wildman–Crippen LogP) is 3.99. The molecule has 1 heterocycles. The number of hydrogen-bond acceptors (Lipinski definition) is 3. The summed E-state index contributed by atoms with van der Waals surface area (Å²) in [6.45, 7) is 3.02. The highest BCUT2D eigenvalue weighted by Crippen LogP contribution is 2.24. The summed E-state index contributed by atoms with van der Waals surface area (Å²) < 4.78 is 28.0. The second-order valence-corrected chi connectivity index (χ2v) is 8.88. The number of sulfonamides is 1. The molecule has 0 aliphatic carbocycles. The van der Waals surface area contributed by atoms with Crippen molar-refractivity contribution in [1.29, 1.82) is 0 Å². The highest BCUT2D eigenvalue weighted by Gasteiger charge is 2.23. The van der Waals surface area contributed by atoms with Crippen molar-refractivity contribution >= 4 is 21.6 Å². The summed E-state index contributed by atoms with van der Waals surface area (Å²) in [5, 5.41) is 0. The molecule has 4 rings (SSSR count). The second kappa shape index (κ2) is 7.72. The van der Waals surface area contributed by atoms with Crippen molar-refractivity contribution in [2.45, 2.75) is 24.8 Å². The summed E-state index contributed by atoms with van der Waals surface area (Å²) in [6, 6.07) is 21.5. The van der Waals surface area contributed by atoms with E-state index in [9.17, 15) is 13.2 Å². The van der Waals surface area contributed by atoms with Crippen molar-refractivity contribution in [1.82, 2.24) is 4.90 Å². The van der Waals surface area contributed by atoms with Gasteiger partial charge in [-0.3, -0.25) is 9.52 Å². The van der Waals surface area contributed by atoms with Crippen molar-refractivity contribution in [3.63, 3.8) is 0 Å². The maximum Gasteiger partial charge on any atom is 0.261 e. The predicted molar refractivity (Wildman–Crippen MR) is 113 cm³/mol. The summed E-state index contributed by atoms with van der Waals surface area (Å²) in [4.78, 5) is 15.0. The van der Waals surface area contributed by atoms with Gasteiger partial charge >= 0.3 is 0 Å². The molecular weight excluding hydrogens is 384 g/mol. The number of amides is 1. The maximum atomic E-state index is 13.1. The Morgan fingerprint density at radius 2 is 1.62 bits per heavy atom. The van der Waals surface area contributed by atoms with E-state index in [2.05, 4.69) is 10.8 Å². The van der Waals surface area contributed by atoms with Crippen LogP contribution < -0.4 is 4.72 Å². The van der Waals surface area contributed by atoms with Crippen molar-refractivity contribution < 1.29 is 13.2 Å². The van der Waals surface area contributed by atoms with Gasteiger partial charge in [0.25, 0.3) is 15.9 Å². The molecule has 3 aromatic carbocycles. The largest absolute Gasteiger partial charge is 0.334 e. The molecule has 0 atom stereocenters.